The minimum Gasteiger partial charge on any atom is -0.494 e. The molecule has 0 amide bonds. The third kappa shape index (κ3) is 17.2. The topological polar surface area (TPSA) is 69.5 Å². The van der Waals surface area contributed by atoms with Crippen LogP contribution in [0.1, 0.15) is 140 Å². The summed E-state index contributed by atoms with van der Waals surface area (Å²) in [6.07, 6.45) is 23.4. The quantitative estimate of drug-likeness (QED) is 0.0378. The summed E-state index contributed by atoms with van der Waals surface area (Å²) in [6, 6.07) is 21.8. The van der Waals surface area contributed by atoms with Gasteiger partial charge in [0.2, 0.25) is 0 Å². The van der Waals surface area contributed by atoms with Crippen molar-refractivity contribution in [1.82, 2.24) is 0 Å². The summed E-state index contributed by atoms with van der Waals surface area (Å²) < 4.78 is 17.3. The van der Waals surface area contributed by atoms with Crippen LogP contribution in [0, 0.1) is 0 Å². The predicted octanol–water partition coefficient (Wildman–Crippen LogP) is 13.1. The highest BCUT2D eigenvalue weighted by Gasteiger charge is 2.09. The van der Waals surface area contributed by atoms with Crippen molar-refractivity contribution in [3.8, 4) is 17.2 Å². The van der Waals surface area contributed by atoms with Crippen LogP contribution in [-0.4, -0.2) is 19.2 Å². The van der Waals surface area contributed by atoms with Crippen LogP contribution >= 0.6 is 0 Å². The molecule has 0 aliphatic rings. The second-order valence-electron chi connectivity index (χ2n) is 12.5. The SMILES string of the molecule is CCCCCCCCCCCCCCOc1ccc(C(=O)Oc2ccc(N=Nc3ccc(OCCCCCCCC)cc3)cc2)cc1. The van der Waals surface area contributed by atoms with Gasteiger partial charge in [0.1, 0.15) is 17.2 Å². The van der Waals surface area contributed by atoms with Crippen LogP contribution in [0.25, 0.3) is 0 Å². The number of hydrogen-bond donors (Lipinski definition) is 0. The van der Waals surface area contributed by atoms with Crippen LogP contribution in [0.4, 0.5) is 11.4 Å². The Morgan fingerprint density at radius 2 is 0.787 bits per heavy atom. The third-order valence-corrected chi connectivity index (χ3v) is 8.29. The lowest BCUT2D eigenvalue weighted by Crippen LogP contribution is -2.08. The van der Waals surface area contributed by atoms with E-state index in [0.717, 1.165) is 36.6 Å². The second kappa shape index (κ2) is 24.5. The highest BCUT2D eigenvalue weighted by Crippen LogP contribution is 2.24. The average Bonchev–Trinajstić information content (AvgIpc) is 3.10. The molecule has 3 aromatic rings. The number of unbranched alkanes of at least 4 members (excludes halogenated alkanes) is 16. The van der Waals surface area contributed by atoms with E-state index in [2.05, 4.69) is 24.1 Å². The normalized spacial score (nSPS) is 11.2. The lowest BCUT2D eigenvalue weighted by atomic mass is 10.1. The standard InChI is InChI=1S/C41H58N2O4/c1-3-5-7-9-11-12-13-14-15-16-18-20-33-45-38-27-21-35(22-28-38)41(44)47-40-31-25-37(26-32-40)43-42-36-23-29-39(30-24-36)46-34-19-17-10-8-6-4-2/h21-32H,3-20,33-34H2,1-2H3. The van der Waals surface area contributed by atoms with Crippen molar-refractivity contribution in [3.63, 3.8) is 0 Å². The number of carbonyl (C=O) groups is 1. The van der Waals surface area contributed by atoms with Gasteiger partial charge >= 0.3 is 5.97 Å². The molecule has 0 aromatic heterocycles. The molecule has 0 spiro atoms. The van der Waals surface area contributed by atoms with E-state index < -0.39 is 5.97 Å². The van der Waals surface area contributed by atoms with Gasteiger partial charge in [0, 0.05) is 0 Å². The maximum absolute atomic E-state index is 12.7. The number of rotatable bonds is 26. The Morgan fingerprint density at radius 1 is 0.447 bits per heavy atom. The Morgan fingerprint density at radius 3 is 1.19 bits per heavy atom. The first kappa shape index (κ1) is 37.8. The number of azo groups is 1. The summed E-state index contributed by atoms with van der Waals surface area (Å²) in [5.41, 5.74) is 1.89. The largest absolute Gasteiger partial charge is 0.494 e. The van der Waals surface area contributed by atoms with Crippen LogP contribution in [-0.2, 0) is 0 Å². The Balaban J connectivity index is 1.27. The van der Waals surface area contributed by atoms with Crippen molar-refractivity contribution in [2.24, 2.45) is 10.2 Å². The van der Waals surface area contributed by atoms with E-state index in [-0.39, 0.29) is 0 Å². The molecule has 0 heterocycles. The molecule has 0 bridgehead atoms. The Labute approximate surface area is 284 Å². The molecular weight excluding hydrogens is 584 g/mol. The summed E-state index contributed by atoms with van der Waals surface area (Å²) in [5, 5.41) is 8.61. The van der Waals surface area contributed by atoms with Crippen LogP contribution in [0.15, 0.2) is 83.0 Å². The molecule has 256 valence electrons. The van der Waals surface area contributed by atoms with E-state index in [1.165, 1.54) is 103 Å². The van der Waals surface area contributed by atoms with Gasteiger partial charge < -0.3 is 14.2 Å². The number of hydrogen-bond acceptors (Lipinski definition) is 6. The summed E-state index contributed by atoms with van der Waals surface area (Å²) >= 11 is 0. The van der Waals surface area contributed by atoms with E-state index in [0.29, 0.717) is 23.6 Å². The number of carbonyl (C=O) groups excluding carboxylic acids is 1. The molecule has 3 aromatic carbocycles. The van der Waals surface area contributed by atoms with E-state index >= 15 is 0 Å². The van der Waals surface area contributed by atoms with Gasteiger partial charge in [-0.2, -0.15) is 10.2 Å². The zero-order valence-corrected chi connectivity index (χ0v) is 29.1. The summed E-state index contributed by atoms with van der Waals surface area (Å²) in [5.74, 6) is 1.66. The van der Waals surface area contributed by atoms with Gasteiger partial charge in [0.25, 0.3) is 0 Å². The lowest BCUT2D eigenvalue weighted by molar-refractivity contribution is 0.0734. The van der Waals surface area contributed by atoms with Crippen molar-refractivity contribution >= 4 is 17.3 Å². The highest BCUT2D eigenvalue weighted by molar-refractivity contribution is 5.91. The number of esters is 1. The Bertz CT molecular complexity index is 1240. The molecule has 0 saturated heterocycles. The van der Waals surface area contributed by atoms with Crippen molar-refractivity contribution in [3.05, 3.63) is 78.4 Å². The zero-order chi connectivity index (χ0) is 33.2. The minimum atomic E-state index is -0.411. The van der Waals surface area contributed by atoms with Gasteiger partial charge in [0.05, 0.1) is 30.2 Å². The van der Waals surface area contributed by atoms with E-state index in [1.54, 1.807) is 36.4 Å². The van der Waals surface area contributed by atoms with E-state index in [4.69, 9.17) is 14.2 Å². The Hall–Kier alpha value is -3.67. The molecule has 0 atom stereocenters. The van der Waals surface area contributed by atoms with Gasteiger partial charge in [-0.05, 0) is 85.6 Å². The van der Waals surface area contributed by atoms with Crippen LogP contribution < -0.4 is 14.2 Å². The lowest BCUT2D eigenvalue weighted by Gasteiger charge is -2.08. The predicted molar refractivity (Wildman–Crippen MR) is 194 cm³/mol. The number of benzene rings is 3. The molecule has 0 aliphatic heterocycles. The highest BCUT2D eigenvalue weighted by atomic mass is 16.5. The fraction of sp³-hybridized carbons (Fsp3) is 0.537. The summed E-state index contributed by atoms with van der Waals surface area (Å²) in [6.45, 7) is 5.94. The first-order chi connectivity index (χ1) is 23.2. The molecule has 0 radical (unpaired) electrons. The smallest absolute Gasteiger partial charge is 0.343 e. The third-order valence-electron chi connectivity index (χ3n) is 8.29. The molecule has 6 nitrogen and oxygen atoms in total. The average molecular weight is 643 g/mol. The zero-order valence-electron chi connectivity index (χ0n) is 29.1. The molecule has 6 heteroatoms. The van der Waals surface area contributed by atoms with Crippen molar-refractivity contribution in [1.29, 1.82) is 0 Å². The van der Waals surface area contributed by atoms with Gasteiger partial charge in [-0.25, -0.2) is 4.79 Å². The van der Waals surface area contributed by atoms with E-state index in [9.17, 15) is 4.79 Å². The second-order valence-corrected chi connectivity index (χ2v) is 12.5. The first-order valence-electron chi connectivity index (χ1n) is 18.4. The Kier molecular flexibility index (Phi) is 19.7. The summed E-state index contributed by atoms with van der Waals surface area (Å²) in [7, 11) is 0. The van der Waals surface area contributed by atoms with Crippen LogP contribution in [0.5, 0.6) is 17.2 Å². The summed E-state index contributed by atoms with van der Waals surface area (Å²) in [4.78, 5) is 12.7. The fourth-order valence-electron chi connectivity index (χ4n) is 5.36. The van der Waals surface area contributed by atoms with Gasteiger partial charge in [0.15, 0.2) is 0 Å². The fourth-order valence-corrected chi connectivity index (χ4v) is 5.36. The first-order valence-corrected chi connectivity index (χ1v) is 18.4. The molecular formula is C41H58N2O4. The minimum absolute atomic E-state index is 0.411. The maximum Gasteiger partial charge on any atom is 0.343 e. The number of ether oxygens (including phenoxy) is 3. The maximum atomic E-state index is 12.7. The molecule has 0 N–H and O–H groups in total. The van der Waals surface area contributed by atoms with Crippen LogP contribution in [0.2, 0.25) is 0 Å². The van der Waals surface area contributed by atoms with E-state index in [1.807, 2.05) is 36.4 Å². The van der Waals surface area contributed by atoms with Crippen molar-refractivity contribution < 1.29 is 19.0 Å². The van der Waals surface area contributed by atoms with Gasteiger partial charge in [-0.1, -0.05) is 117 Å². The van der Waals surface area contributed by atoms with Crippen molar-refractivity contribution in [2.75, 3.05) is 13.2 Å². The molecule has 0 saturated carbocycles. The number of nitrogens with zero attached hydrogens (tertiary/aromatic N) is 2. The van der Waals surface area contributed by atoms with Crippen molar-refractivity contribution in [2.45, 2.75) is 129 Å². The molecule has 47 heavy (non-hydrogen) atoms. The molecule has 0 unspecified atom stereocenters. The van der Waals surface area contributed by atoms with Gasteiger partial charge in [-0.15, -0.1) is 0 Å². The molecule has 0 aliphatic carbocycles. The van der Waals surface area contributed by atoms with Gasteiger partial charge in [-0.3, -0.25) is 0 Å². The molecule has 3 rings (SSSR count). The monoisotopic (exact) mass is 642 g/mol. The van der Waals surface area contributed by atoms with Crippen LogP contribution in [0.3, 0.4) is 0 Å². The molecule has 0 fully saturated rings.